The summed E-state index contributed by atoms with van der Waals surface area (Å²) in [4.78, 5) is 0. The summed E-state index contributed by atoms with van der Waals surface area (Å²) >= 11 is 0. The molecule has 1 heteroatoms. The van der Waals surface area contributed by atoms with Crippen LogP contribution in [0.4, 0.5) is 0 Å². The highest BCUT2D eigenvalue weighted by Crippen LogP contribution is 1.95. The highest BCUT2D eigenvalue weighted by molar-refractivity contribution is 4.99. The summed E-state index contributed by atoms with van der Waals surface area (Å²) in [5.41, 5.74) is 0. The topological polar surface area (TPSA) is 20.2 Å². The van der Waals surface area contributed by atoms with Gasteiger partial charge in [0.05, 0.1) is 0 Å². The van der Waals surface area contributed by atoms with Crippen molar-refractivity contribution in [2.24, 2.45) is 0 Å². The maximum absolute atomic E-state index is 8.06. The number of hydrogen-bond acceptors (Lipinski definition) is 1. The van der Waals surface area contributed by atoms with E-state index in [1.807, 2.05) is 36.4 Å². The predicted octanol–water partition coefficient (Wildman–Crippen LogP) is 4.66. The monoisotopic (exact) mass is 224 g/mol. The van der Waals surface area contributed by atoms with E-state index in [0.717, 1.165) is 0 Å². The number of aliphatic hydroxyl groups is 1. The minimum absolute atomic E-state index is 0.167. The van der Waals surface area contributed by atoms with Crippen LogP contribution in [0.2, 0.25) is 0 Å². The lowest BCUT2D eigenvalue weighted by Crippen LogP contribution is -1.85. The maximum Gasteiger partial charge on any atom is 0.0483 e. The van der Waals surface area contributed by atoms with Crippen molar-refractivity contribution in [1.82, 2.24) is 0 Å². The van der Waals surface area contributed by atoms with Crippen molar-refractivity contribution in [1.29, 1.82) is 0 Å². The number of hydrogen-bond donors (Lipinski definition) is 1. The van der Waals surface area contributed by atoms with Crippen LogP contribution >= 0.6 is 0 Å². The van der Waals surface area contributed by atoms with E-state index in [1.165, 1.54) is 25.7 Å². The molecule has 0 aliphatic heterocycles. The predicted molar refractivity (Wildman–Crippen MR) is 73.6 cm³/mol. The van der Waals surface area contributed by atoms with Crippen LogP contribution in [0, 0.1) is 0 Å². The summed E-state index contributed by atoms with van der Waals surface area (Å²) in [7, 11) is 0. The fraction of sp³-hybridized carbons (Fsp3) is 0.600. The zero-order valence-corrected chi connectivity index (χ0v) is 11.3. The molecular weight excluding hydrogens is 196 g/mol. The average molecular weight is 224 g/mol. The van der Waals surface area contributed by atoms with Crippen LogP contribution in [-0.2, 0) is 0 Å². The molecule has 0 saturated heterocycles. The van der Waals surface area contributed by atoms with Gasteiger partial charge in [-0.3, -0.25) is 0 Å². The first-order valence-electron chi connectivity index (χ1n) is 6.33. The summed E-state index contributed by atoms with van der Waals surface area (Å²) in [6, 6.07) is 12.0. The molecule has 94 valence electrons. The molecule has 0 fully saturated rings. The lowest BCUT2D eigenvalue weighted by Gasteiger charge is -1.86. The Kier molecular flexibility index (Phi) is 18.2. The van der Waals surface area contributed by atoms with Gasteiger partial charge in [0.15, 0.2) is 0 Å². The first kappa shape index (κ1) is 17.6. The van der Waals surface area contributed by atoms with Gasteiger partial charge in [0.2, 0.25) is 0 Å². The molecule has 0 atom stereocenters. The second kappa shape index (κ2) is 16.6. The van der Waals surface area contributed by atoms with Gasteiger partial charge >= 0.3 is 0 Å². The SMILES string of the molecule is CC(C)O.CCCCCC.c1ccccc1. The van der Waals surface area contributed by atoms with E-state index in [0.29, 0.717) is 0 Å². The van der Waals surface area contributed by atoms with E-state index < -0.39 is 0 Å². The first-order valence-corrected chi connectivity index (χ1v) is 6.33. The largest absolute Gasteiger partial charge is 0.394 e. The molecular formula is C15H28O. The Morgan fingerprint density at radius 2 is 0.938 bits per heavy atom. The molecule has 16 heavy (non-hydrogen) atoms. The minimum Gasteiger partial charge on any atom is -0.394 e. The molecule has 1 N–H and O–H groups in total. The molecule has 1 rings (SSSR count). The van der Waals surface area contributed by atoms with E-state index in [-0.39, 0.29) is 6.10 Å². The van der Waals surface area contributed by atoms with Crippen molar-refractivity contribution in [2.75, 3.05) is 0 Å². The lowest BCUT2D eigenvalue weighted by molar-refractivity contribution is 0.216. The van der Waals surface area contributed by atoms with Crippen molar-refractivity contribution < 1.29 is 5.11 Å². The summed E-state index contributed by atoms with van der Waals surface area (Å²) in [6.07, 6.45) is 5.37. The summed E-state index contributed by atoms with van der Waals surface area (Å²) < 4.78 is 0. The Hall–Kier alpha value is -0.820. The van der Waals surface area contributed by atoms with Gasteiger partial charge in [-0.2, -0.15) is 0 Å². The van der Waals surface area contributed by atoms with Crippen molar-refractivity contribution >= 4 is 0 Å². The highest BCUT2D eigenvalue weighted by atomic mass is 16.3. The van der Waals surface area contributed by atoms with Crippen molar-refractivity contribution in [3.8, 4) is 0 Å². The van der Waals surface area contributed by atoms with Crippen LogP contribution in [0.5, 0.6) is 0 Å². The van der Waals surface area contributed by atoms with Crippen LogP contribution < -0.4 is 0 Å². The molecule has 1 aromatic carbocycles. The minimum atomic E-state index is -0.167. The molecule has 0 spiro atoms. The number of unbranched alkanes of at least 4 members (excludes halogenated alkanes) is 3. The van der Waals surface area contributed by atoms with Crippen LogP contribution in [0.1, 0.15) is 53.4 Å². The third kappa shape index (κ3) is 29.2. The Labute approximate surface area is 102 Å². The molecule has 1 nitrogen and oxygen atoms in total. The molecule has 0 saturated carbocycles. The zero-order chi connectivity index (χ0) is 12.6. The van der Waals surface area contributed by atoms with E-state index in [1.54, 1.807) is 13.8 Å². The normalized spacial score (nSPS) is 8.62. The molecule has 1 aromatic rings. The summed E-state index contributed by atoms with van der Waals surface area (Å²) in [5, 5.41) is 8.06. The quantitative estimate of drug-likeness (QED) is 0.740. The van der Waals surface area contributed by atoms with Gasteiger partial charge in [-0.15, -0.1) is 0 Å². The standard InChI is InChI=1S/C6H6.C6H14.C3H8O/c1-2-4-6-5-3-1;1-3-5-6-4-2;1-3(2)4/h1-6H;3-6H2,1-2H3;3-4H,1-2H3. The number of benzene rings is 1. The molecule has 0 unspecified atom stereocenters. The zero-order valence-electron chi connectivity index (χ0n) is 11.3. The highest BCUT2D eigenvalue weighted by Gasteiger charge is 1.75. The van der Waals surface area contributed by atoms with Crippen molar-refractivity contribution in [2.45, 2.75) is 59.5 Å². The number of rotatable bonds is 3. The molecule has 0 amide bonds. The molecule has 0 aliphatic rings. The third-order valence-electron chi connectivity index (χ3n) is 1.62. The van der Waals surface area contributed by atoms with Gasteiger partial charge in [0.25, 0.3) is 0 Å². The van der Waals surface area contributed by atoms with Gasteiger partial charge in [0, 0.05) is 6.10 Å². The molecule has 0 radical (unpaired) electrons. The van der Waals surface area contributed by atoms with Crippen molar-refractivity contribution in [3.63, 3.8) is 0 Å². The van der Waals surface area contributed by atoms with Gasteiger partial charge in [-0.1, -0.05) is 75.9 Å². The lowest BCUT2D eigenvalue weighted by atomic mass is 10.2. The van der Waals surface area contributed by atoms with Crippen LogP contribution in [0.15, 0.2) is 36.4 Å². The van der Waals surface area contributed by atoms with Crippen LogP contribution in [0.3, 0.4) is 0 Å². The van der Waals surface area contributed by atoms with Crippen LogP contribution in [-0.4, -0.2) is 11.2 Å². The third-order valence-corrected chi connectivity index (χ3v) is 1.62. The van der Waals surface area contributed by atoms with Gasteiger partial charge in [-0.05, 0) is 13.8 Å². The maximum atomic E-state index is 8.06. The Balaban J connectivity index is 0. The summed E-state index contributed by atoms with van der Waals surface area (Å²) in [6.45, 7) is 7.91. The first-order chi connectivity index (χ1) is 7.65. The Morgan fingerprint density at radius 3 is 1.06 bits per heavy atom. The molecule has 0 bridgehead atoms. The summed E-state index contributed by atoms with van der Waals surface area (Å²) in [5.74, 6) is 0. The Bertz CT molecular complexity index is 148. The van der Waals surface area contributed by atoms with Gasteiger partial charge < -0.3 is 5.11 Å². The molecule has 0 heterocycles. The van der Waals surface area contributed by atoms with E-state index in [2.05, 4.69) is 13.8 Å². The molecule has 0 aliphatic carbocycles. The Morgan fingerprint density at radius 1 is 0.750 bits per heavy atom. The average Bonchev–Trinajstić information content (AvgIpc) is 2.29. The van der Waals surface area contributed by atoms with Gasteiger partial charge in [0.1, 0.15) is 0 Å². The smallest absolute Gasteiger partial charge is 0.0483 e. The van der Waals surface area contributed by atoms with E-state index in [9.17, 15) is 0 Å². The second-order valence-corrected chi connectivity index (χ2v) is 3.96. The van der Waals surface area contributed by atoms with E-state index >= 15 is 0 Å². The fourth-order valence-electron chi connectivity index (χ4n) is 0.885. The molecule has 0 aromatic heterocycles. The van der Waals surface area contributed by atoms with Gasteiger partial charge in [-0.25, -0.2) is 0 Å². The second-order valence-electron chi connectivity index (χ2n) is 3.96. The van der Waals surface area contributed by atoms with Crippen LogP contribution in [0.25, 0.3) is 0 Å². The van der Waals surface area contributed by atoms with E-state index in [4.69, 9.17) is 5.11 Å². The van der Waals surface area contributed by atoms with Crippen molar-refractivity contribution in [3.05, 3.63) is 36.4 Å². The number of aliphatic hydroxyl groups excluding tert-OH is 1. The fourth-order valence-corrected chi connectivity index (χ4v) is 0.885.